The van der Waals surface area contributed by atoms with Crippen molar-refractivity contribution in [3.63, 3.8) is 0 Å². The van der Waals surface area contributed by atoms with E-state index in [1.54, 1.807) is 0 Å². The molecule has 26 heavy (non-hydrogen) atoms. The van der Waals surface area contributed by atoms with Crippen LogP contribution < -0.4 is 5.32 Å². The second-order valence-electron chi connectivity index (χ2n) is 6.86. The van der Waals surface area contributed by atoms with Gasteiger partial charge in [0.25, 0.3) is 0 Å². The first-order valence-corrected chi connectivity index (χ1v) is 10.2. The normalized spacial score (nSPS) is 26.0. The number of nitrogens with one attached hydrogen (secondary N) is 1. The Bertz CT molecular complexity index is 959. The van der Waals surface area contributed by atoms with Crippen LogP contribution >= 0.6 is 0 Å². The molecule has 1 aromatic carbocycles. The number of hydrogen-bond donors (Lipinski definition) is 1. The van der Waals surface area contributed by atoms with Gasteiger partial charge < -0.3 is 14.8 Å². The number of halogens is 1. The van der Waals surface area contributed by atoms with Gasteiger partial charge in [-0.15, -0.1) is 0 Å². The summed E-state index contributed by atoms with van der Waals surface area (Å²) in [5.74, 6) is -1.19. The minimum atomic E-state index is -3.64. The van der Waals surface area contributed by atoms with Gasteiger partial charge in [0.2, 0.25) is 10.0 Å². The maximum atomic E-state index is 13.7. The van der Waals surface area contributed by atoms with Gasteiger partial charge >= 0.3 is 5.97 Å². The van der Waals surface area contributed by atoms with Gasteiger partial charge in [-0.2, -0.15) is 0 Å². The molecular weight excluding hydrogens is 363 g/mol. The summed E-state index contributed by atoms with van der Waals surface area (Å²) in [6, 6.07) is 3.92. The molecule has 2 fully saturated rings. The number of hydrogen-bond acceptors (Lipinski definition) is 6. The third-order valence-electron chi connectivity index (χ3n) is 4.79. The van der Waals surface area contributed by atoms with E-state index in [-0.39, 0.29) is 34.7 Å². The van der Waals surface area contributed by atoms with Crippen molar-refractivity contribution < 1.29 is 27.1 Å². The molecule has 9 heteroatoms. The van der Waals surface area contributed by atoms with Crippen LogP contribution in [0.15, 0.2) is 24.4 Å². The topological polar surface area (TPSA) is 86.6 Å². The van der Waals surface area contributed by atoms with Gasteiger partial charge in [0.15, 0.2) is 0 Å². The van der Waals surface area contributed by atoms with E-state index in [0.717, 1.165) is 22.4 Å². The van der Waals surface area contributed by atoms with Gasteiger partial charge in [-0.3, -0.25) is 0 Å². The molecule has 0 spiro atoms. The van der Waals surface area contributed by atoms with E-state index >= 15 is 0 Å². The number of ether oxygens (including phenoxy) is 2. The lowest BCUT2D eigenvalue weighted by atomic mass is 9.94. The number of nitrogens with zero attached hydrogens (tertiary/aromatic N) is 1. The molecule has 0 aliphatic carbocycles. The SMILES string of the molecule is CS(=O)(=O)n1cc(C(=O)OC2C[C@H]3COC[C@@H](C2)N3)c2cc(F)ccc21. The van der Waals surface area contributed by atoms with Crippen molar-refractivity contribution in [3.8, 4) is 0 Å². The molecule has 1 aromatic heterocycles. The molecule has 7 nitrogen and oxygen atoms in total. The number of benzene rings is 1. The lowest BCUT2D eigenvalue weighted by Crippen LogP contribution is -2.56. The smallest absolute Gasteiger partial charge is 0.340 e. The summed E-state index contributed by atoms with van der Waals surface area (Å²) < 4.78 is 49.7. The van der Waals surface area contributed by atoms with Crippen molar-refractivity contribution in [3.05, 3.63) is 35.8 Å². The molecule has 140 valence electrons. The van der Waals surface area contributed by atoms with Crippen LogP contribution in [0.3, 0.4) is 0 Å². The molecule has 3 heterocycles. The second-order valence-corrected chi connectivity index (χ2v) is 8.72. The highest BCUT2D eigenvalue weighted by molar-refractivity contribution is 7.89. The van der Waals surface area contributed by atoms with Crippen molar-refractivity contribution in [1.82, 2.24) is 9.29 Å². The van der Waals surface area contributed by atoms with Crippen molar-refractivity contribution >= 4 is 26.9 Å². The predicted octanol–water partition coefficient (Wildman–Crippen LogP) is 1.26. The highest BCUT2D eigenvalue weighted by Gasteiger charge is 2.34. The van der Waals surface area contributed by atoms with Gasteiger partial charge in [-0.25, -0.2) is 21.6 Å². The summed E-state index contributed by atoms with van der Waals surface area (Å²) in [6.07, 6.45) is 3.20. The van der Waals surface area contributed by atoms with E-state index in [1.807, 2.05) is 0 Å². The van der Waals surface area contributed by atoms with Gasteiger partial charge in [0.1, 0.15) is 11.9 Å². The number of rotatable bonds is 3. The average Bonchev–Trinajstić information content (AvgIpc) is 2.93. The van der Waals surface area contributed by atoms with E-state index in [4.69, 9.17) is 9.47 Å². The largest absolute Gasteiger partial charge is 0.459 e. The Morgan fingerprint density at radius 1 is 1.31 bits per heavy atom. The number of piperidine rings is 1. The molecule has 0 radical (unpaired) electrons. The van der Waals surface area contributed by atoms with Gasteiger partial charge in [-0.05, 0) is 18.2 Å². The molecule has 1 unspecified atom stereocenters. The Balaban J connectivity index is 1.65. The molecule has 3 atom stereocenters. The number of fused-ring (bicyclic) bond motifs is 3. The third kappa shape index (κ3) is 3.22. The fourth-order valence-corrected chi connectivity index (χ4v) is 4.52. The van der Waals surface area contributed by atoms with Crippen LogP contribution in [0, 0.1) is 5.82 Å². The van der Waals surface area contributed by atoms with Gasteiger partial charge in [0.05, 0.1) is 30.5 Å². The van der Waals surface area contributed by atoms with Crippen molar-refractivity contribution in [2.45, 2.75) is 31.0 Å². The Morgan fingerprint density at radius 2 is 2.00 bits per heavy atom. The lowest BCUT2D eigenvalue weighted by molar-refractivity contribution is -0.0339. The number of carbonyl (C=O) groups excluding carboxylic acids is 1. The number of esters is 1. The molecule has 0 saturated carbocycles. The highest BCUT2D eigenvalue weighted by atomic mass is 32.2. The van der Waals surface area contributed by atoms with Crippen molar-refractivity contribution in [2.24, 2.45) is 0 Å². The molecule has 0 amide bonds. The Labute approximate surface area is 150 Å². The number of morpholine rings is 1. The maximum Gasteiger partial charge on any atom is 0.340 e. The summed E-state index contributed by atoms with van der Waals surface area (Å²) in [4.78, 5) is 12.7. The van der Waals surface area contributed by atoms with Crippen LogP contribution in [-0.2, 0) is 19.5 Å². The van der Waals surface area contributed by atoms with E-state index in [9.17, 15) is 17.6 Å². The fourth-order valence-electron chi connectivity index (χ4n) is 3.71. The molecule has 2 aromatic rings. The second kappa shape index (κ2) is 6.33. The molecule has 1 N–H and O–H groups in total. The van der Waals surface area contributed by atoms with E-state index in [2.05, 4.69) is 5.32 Å². The number of carbonyl (C=O) groups is 1. The Morgan fingerprint density at radius 3 is 2.65 bits per heavy atom. The minimum absolute atomic E-state index is 0.0462. The molecule has 4 rings (SSSR count). The molecule has 2 saturated heterocycles. The summed E-state index contributed by atoms with van der Waals surface area (Å²) >= 11 is 0. The van der Waals surface area contributed by atoms with Crippen LogP contribution in [0.25, 0.3) is 10.9 Å². The lowest BCUT2D eigenvalue weighted by Gasteiger charge is -2.39. The van der Waals surface area contributed by atoms with Crippen LogP contribution in [0.4, 0.5) is 4.39 Å². The highest BCUT2D eigenvalue weighted by Crippen LogP contribution is 2.27. The minimum Gasteiger partial charge on any atom is -0.459 e. The first-order chi connectivity index (χ1) is 12.3. The van der Waals surface area contributed by atoms with Crippen LogP contribution in [-0.4, -0.2) is 56.0 Å². The van der Waals surface area contributed by atoms with Crippen molar-refractivity contribution in [1.29, 1.82) is 0 Å². The molecular formula is C17H19FN2O5S. The third-order valence-corrected chi connectivity index (χ3v) is 5.80. The molecule has 2 bridgehead atoms. The summed E-state index contributed by atoms with van der Waals surface area (Å²) in [5.41, 5.74) is 0.293. The molecule has 2 aliphatic rings. The summed E-state index contributed by atoms with van der Waals surface area (Å²) in [5, 5.41) is 3.63. The van der Waals surface area contributed by atoms with E-state index < -0.39 is 21.8 Å². The number of aromatic nitrogens is 1. The average molecular weight is 382 g/mol. The van der Waals surface area contributed by atoms with E-state index in [1.165, 1.54) is 12.3 Å². The van der Waals surface area contributed by atoms with Gasteiger partial charge in [0, 0.05) is 36.5 Å². The van der Waals surface area contributed by atoms with Crippen LogP contribution in [0.5, 0.6) is 0 Å². The van der Waals surface area contributed by atoms with Crippen LogP contribution in [0.1, 0.15) is 23.2 Å². The van der Waals surface area contributed by atoms with Gasteiger partial charge in [-0.1, -0.05) is 0 Å². The first-order valence-electron chi connectivity index (χ1n) is 8.37. The molecule has 2 aliphatic heterocycles. The Hall–Kier alpha value is -1.97. The Kier molecular flexibility index (Phi) is 4.25. The zero-order chi connectivity index (χ0) is 18.5. The van der Waals surface area contributed by atoms with Crippen LogP contribution in [0.2, 0.25) is 0 Å². The zero-order valence-electron chi connectivity index (χ0n) is 14.1. The monoisotopic (exact) mass is 382 g/mol. The fraction of sp³-hybridized carbons (Fsp3) is 0.471. The summed E-state index contributed by atoms with van der Waals surface area (Å²) in [7, 11) is -3.64. The quantitative estimate of drug-likeness (QED) is 0.805. The maximum absolute atomic E-state index is 13.7. The van der Waals surface area contributed by atoms with Crippen molar-refractivity contribution in [2.75, 3.05) is 19.5 Å². The zero-order valence-corrected chi connectivity index (χ0v) is 15.0. The predicted molar refractivity (Wildman–Crippen MR) is 92.1 cm³/mol. The van der Waals surface area contributed by atoms with E-state index in [0.29, 0.717) is 26.1 Å². The standard InChI is InChI=1S/C17H19FN2O5S/c1-26(22,23)20-7-15(14-4-10(18)2-3-16(14)20)17(21)25-13-5-11-8-24-9-12(6-13)19-11/h2-4,7,11-13,19H,5-6,8-9H2,1H3/t11-,12+,13?. The first kappa shape index (κ1) is 17.4. The summed E-state index contributed by atoms with van der Waals surface area (Å²) in [6.45, 7) is 1.15.